The van der Waals surface area contributed by atoms with E-state index in [1.807, 2.05) is 0 Å². The largest absolute Gasteiger partial charge is 0.454 e. The predicted molar refractivity (Wildman–Crippen MR) is 143 cm³/mol. The highest BCUT2D eigenvalue weighted by atomic mass is 19.1. The molecule has 0 fully saturated rings. The molecule has 202 valence electrons. The zero-order valence-electron chi connectivity index (χ0n) is 21.5. The van der Waals surface area contributed by atoms with Crippen LogP contribution in [0, 0.1) is 11.6 Å². The molecule has 0 amide bonds. The summed E-state index contributed by atoms with van der Waals surface area (Å²) in [5.74, 6) is -1.54. The van der Waals surface area contributed by atoms with Gasteiger partial charge in [-0.25, -0.2) is 18.1 Å². The first-order valence-electron chi connectivity index (χ1n) is 12.3. The second-order valence-electron chi connectivity index (χ2n) is 8.97. The summed E-state index contributed by atoms with van der Waals surface area (Å²) in [6.07, 6.45) is 5.89. The Morgan fingerprint density at radius 3 is 2.45 bits per heavy atom. The van der Waals surface area contributed by atoms with Crippen LogP contribution in [0.5, 0.6) is 11.5 Å². The lowest BCUT2D eigenvalue weighted by Crippen LogP contribution is -2.41. The monoisotopic (exact) mass is 543 g/mol. The number of rotatable bonds is 8. The summed E-state index contributed by atoms with van der Waals surface area (Å²) >= 11 is 0. The fourth-order valence-corrected chi connectivity index (χ4v) is 4.17. The Morgan fingerprint density at radius 1 is 1.00 bits per heavy atom. The molecule has 5 rings (SSSR count). The van der Waals surface area contributed by atoms with Crippen molar-refractivity contribution in [2.75, 3.05) is 0 Å². The molecule has 2 aromatic carbocycles. The fourth-order valence-electron chi connectivity index (χ4n) is 4.17. The third kappa shape index (κ3) is 5.35. The second kappa shape index (κ2) is 10.9. The maximum atomic E-state index is 15.0. The second-order valence-corrected chi connectivity index (χ2v) is 8.97. The van der Waals surface area contributed by atoms with Gasteiger partial charge < -0.3 is 4.74 Å². The van der Waals surface area contributed by atoms with E-state index in [4.69, 9.17) is 4.74 Å². The van der Waals surface area contributed by atoms with E-state index in [-0.39, 0.29) is 30.0 Å². The molecule has 0 N–H and O–H groups in total. The van der Waals surface area contributed by atoms with Crippen molar-refractivity contribution in [3.05, 3.63) is 123 Å². The number of benzene rings is 2. The van der Waals surface area contributed by atoms with Crippen LogP contribution in [0.2, 0.25) is 0 Å². The van der Waals surface area contributed by atoms with Gasteiger partial charge in [0.1, 0.15) is 17.1 Å². The first kappa shape index (κ1) is 26.4. The molecule has 3 heterocycles. The summed E-state index contributed by atoms with van der Waals surface area (Å²) in [5, 5.41) is 4.12. The van der Waals surface area contributed by atoms with Gasteiger partial charge in [0.15, 0.2) is 17.3 Å². The Hall–Kier alpha value is -5.19. The molecule has 40 heavy (non-hydrogen) atoms. The predicted octanol–water partition coefficient (Wildman–Crippen LogP) is 4.31. The Balaban J connectivity index is 1.39. The summed E-state index contributed by atoms with van der Waals surface area (Å²) < 4.78 is 37.8. The fraction of sp³-hybridized carbons (Fsp3) is 0.138. The summed E-state index contributed by atoms with van der Waals surface area (Å²) in [7, 11) is 1.78. The highest BCUT2D eigenvalue weighted by Crippen LogP contribution is 2.28. The molecule has 0 aliphatic heterocycles. The zero-order chi connectivity index (χ0) is 28.4. The molecular weight excluding hydrogens is 520 g/mol. The molecule has 0 bridgehead atoms. The standard InChI is InChI=1S/C29H23F2N5O4/c1-3-35-17-23(28(38)36(29(35)39)21-7-5-20(30)6-8-21)26(37)13-18-4-9-27(24(31)12-18)40-22-10-11-32-25(14-22)19-15-33-34(2)16-19/h4-12,14-17H,3,13H2,1-2H3. The summed E-state index contributed by atoms with van der Waals surface area (Å²) in [5.41, 5.74) is 0.0698. The van der Waals surface area contributed by atoms with Gasteiger partial charge >= 0.3 is 5.69 Å². The van der Waals surface area contributed by atoms with Crippen LogP contribution >= 0.6 is 0 Å². The Morgan fingerprint density at radius 2 is 1.77 bits per heavy atom. The van der Waals surface area contributed by atoms with Crippen LogP contribution in [0.15, 0.2) is 89.0 Å². The van der Waals surface area contributed by atoms with Gasteiger partial charge in [0.2, 0.25) is 0 Å². The maximum Gasteiger partial charge on any atom is 0.335 e. The Bertz CT molecular complexity index is 1840. The highest BCUT2D eigenvalue weighted by molar-refractivity contribution is 5.97. The number of hydrogen-bond acceptors (Lipinski definition) is 6. The molecular formula is C29H23F2N5O4. The minimum absolute atomic E-state index is 0.0577. The summed E-state index contributed by atoms with van der Waals surface area (Å²) in [6.45, 7) is 1.88. The van der Waals surface area contributed by atoms with Crippen molar-refractivity contribution in [1.29, 1.82) is 0 Å². The van der Waals surface area contributed by atoms with E-state index in [1.165, 1.54) is 41.2 Å². The van der Waals surface area contributed by atoms with Crippen LogP contribution in [0.3, 0.4) is 0 Å². The van der Waals surface area contributed by atoms with Gasteiger partial charge in [-0.1, -0.05) is 6.07 Å². The van der Waals surface area contributed by atoms with Gasteiger partial charge in [-0.15, -0.1) is 0 Å². The zero-order valence-corrected chi connectivity index (χ0v) is 21.5. The van der Waals surface area contributed by atoms with E-state index in [9.17, 15) is 23.2 Å². The number of carbonyl (C=O) groups is 1. The number of aryl methyl sites for hydroxylation is 2. The Kier molecular flexibility index (Phi) is 7.19. The van der Waals surface area contributed by atoms with Crippen molar-refractivity contribution in [3.63, 3.8) is 0 Å². The van der Waals surface area contributed by atoms with Gasteiger partial charge in [-0.2, -0.15) is 5.10 Å². The molecule has 5 aromatic rings. The van der Waals surface area contributed by atoms with E-state index in [0.717, 1.165) is 28.3 Å². The number of Topliss-reactive ketones (excluding diaryl/α,β-unsaturated/α-hetero) is 1. The molecule has 0 unspecified atom stereocenters. The van der Waals surface area contributed by atoms with Crippen LogP contribution < -0.4 is 16.0 Å². The number of carbonyl (C=O) groups excluding carboxylic acids is 1. The van der Waals surface area contributed by atoms with Gasteiger partial charge in [-0.05, 0) is 55.0 Å². The molecule has 3 aromatic heterocycles. The normalized spacial score (nSPS) is 11.0. The van der Waals surface area contributed by atoms with Crippen LogP contribution in [-0.2, 0) is 20.0 Å². The van der Waals surface area contributed by atoms with Gasteiger partial charge in [-0.3, -0.25) is 23.8 Å². The minimum atomic E-state index is -0.839. The van der Waals surface area contributed by atoms with Crippen LogP contribution in [0.25, 0.3) is 16.9 Å². The highest BCUT2D eigenvalue weighted by Gasteiger charge is 2.19. The third-order valence-corrected chi connectivity index (χ3v) is 6.20. The van der Waals surface area contributed by atoms with Crippen molar-refractivity contribution in [3.8, 4) is 28.4 Å². The molecule has 11 heteroatoms. The number of ketones is 1. The SMILES string of the molecule is CCn1cc(C(=O)Cc2ccc(Oc3ccnc(-c4cnn(C)c4)c3)c(F)c2)c(=O)n(-c2ccc(F)cc2)c1=O. The van der Waals surface area contributed by atoms with E-state index in [1.54, 1.807) is 43.2 Å². The average molecular weight is 544 g/mol. The van der Waals surface area contributed by atoms with E-state index in [2.05, 4.69) is 10.1 Å². The van der Waals surface area contributed by atoms with Gasteiger partial charge in [0.25, 0.3) is 5.56 Å². The molecule has 0 radical (unpaired) electrons. The summed E-state index contributed by atoms with van der Waals surface area (Å²) in [6, 6.07) is 12.1. The van der Waals surface area contributed by atoms with Crippen molar-refractivity contribution in [2.45, 2.75) is 19.9 Å². The number of halogens is 2. The van der Waals surface area contributed by atoms with Crippen molar-refractivity contribution < 1.29 is 18.3 Å². The summed E-state index contributed by atoms with van der Waals surface area (Å²) in [4.78, 5) is 43.4. The molecule has 0 aliphatic rings. The van der Waals surface area contributed by atoms with E-state index < -0.39 is 28.7 Å². The average Bonchev–Trinajstić information content (AvgIpc) is 3.38. The van der Waals surface area contributed by atoms with Crippen LogP contribution in [0.4, 0.5) is 8.78 Å². The number of aromatic nitrogens is 5. The number of ether oxygens (including phenoxy) is 1. The van der Waals surface area contributed by atoms with Crippen molar-refractivity contribution >= 4 is 5.78 Å². The first-order chi connectivity index (χ1) is 19.2. The number of pyridine rings is 1. The lowest BCUT2D eigenvalue weighted by Gasteiger charge is -2.12. The quantitative estimate of drug-likeness (QED) is 0.271. The van der Waals surface area contributed by atoms with Crippen LogP contribution in [0.1, 0.15) is 22.8 Å². The molecule has 9 nitrogen and oxygen atoms in total. The lowest BCUT2D eigenvalue weighted by molar-refractivity contribution is 0.0990. The molecule has 0 aliphatic carbocycles. The third-order valence-electron chi connectivity index (χ3n) is 6.20. The van der Waals surface area contributed by atoms with Crippen molar-refractivity contribution in [2.24, 2.45) is 7.05 Å². The maximum absolute atomic E-state index is 15.0. The molecule has 0 spiro atoms. The van der Waals surface area contributed by atoms with Gasteiger partial charge in [0.05, 0.1) is 17.6 Å². The molecule has 0 saturated carbocycles. The van der Waals surface area contributed by atoms with E-state index in [0.29, 0.717) is 17.0 Å². The van der Waals surface area contributed by atoms with Crippen LogP contribution in [-0.4, -0.2) is 29.7 Å². The number of hydrogen-bond donors (Lipinski definition) is 0. The smallest absolute Gasteiger partial charge is 0.335 e. The minimum Gasteiger partial charge on any atom is -0.454 e. The van der Waals surface area contributed by atoms with Gasteiger partial charge in [0, 0.05) is 50.2 Å². The molecule has 0 atom stereocenters. The van der Waals surface area contributed by atoms with Crippen molar-refractivity contribution in [1.82, 2.24) is 23.9 Å². The topological polar surface area (TPSA) is 101 Å². The lowest BCUT2D eigenvalue weighted by atomic mass is 10.0. The van der Waals surface area contributed by atoms with E-state index >= 15 is 0 Å². The first-order valence-corrected chi connectivity index (χ1v) is 12.3. The molecule has 0 saturated heterocycles. The number of nitrogens with zero attached hydrogens (tertiary/aromatic N) is 5. The Labute approximate surface area is 226 Å².